The Morgan fingerprint density at radius 1 is 1.15 bits per heavy atom. The van der Waals surface area contributed by atoms with Crippen molar-refractivity contribution in [3.63, 3.8) is 0 Å². The van der Waals surface area contributed by atoms with Gasteiger partial charge in [-0.15, -0.1) is 0 Å². The van der Waals surface area contributed by atoms with E-state index in [4.69, 9.17) is 4.74 Å². The molecule has 0 aromatic carbocycles. The molecule has 4 rings (SSSR count). The van der Waals surface area contributed by atoms with Gasteiger partial charge in [-0.2, -0.15) is 0 Å². The quantitative estimate of drug-likeness (QED) is 0.519. The van der Waals surface area contributed by atoms with Gasteiger partial charge in [0.1, 0.15) is 0 Å². The van der Waals surface area contributed by atoms with Crippen LogP contribution in [-0.4, -0.2) is 11.7 Å². The maximum Gasteiger partial charge on any atom is 0.0953 e. The molecule has 3 saturated carbocycles. The minimum absolute atomic E-state index is 0.351. The Kier molecular flexibility index (Phi) is 1.03. The Bertz CT molecular complexity index is 274. The summed E-state index contributed by atoms with van der Waals surface area (Å²) in [6.07, 6.45) is 5.09. The highest BCUT2D eigenvalue weighted by atomic mass is 16.6. The molecule has 0 amide bonds. The van der Waals surface area contributed by atoms with Gasteiger partial charge < -0.3 is 4.74 Å². The van der Waals surface area contributed by atoms with Gasteiger partial charge in [0.15, 0.2) is 0 Å². The first kappa shape index (κ1) is 7.28. The normalized spacial score (nSPS) is 72.5. The summed E-state index contributed by atoms with van der Waals surface area (Å²) in [4.78, 5) is 0. The van der Waals surface area contributed by atoms with Crippen LogP contribution in [0.4, 0.5) is 0 Å². The molecule has 0 radical (unpaired) electrons. The molecule has 3 aliphatic carbocycles. The fourth-order valence-corrected chi connectivity index (χ4v) is 5.15. The van der Waals surface area contributed by atoms with E-state index in [-0.39, 0.29) is 0 Å². The van der Waals surface area contributed by atoms with Crippen LogP contribution in [-0.2, 0) is 4.74 Å². The van der Waals surface area contributed by atoms with Crippen molar-refractivity contribution in [3.05, 3.63) is 0 Å². The molecule has 1 nitrogen and oxygen atoms in total. The zero-order valence-electron chi connectivity index (χ0n) is 8.49. The summed E-state index contributed by atoms with van der Waals surface area (Å²) in [7, 11) is 0. The van der Waals surface area contributed by atoms with Crippen molar-refractivity contribution in [2.45, 2.75) is 44.8 Å². The minimum Gasteiger partial charge on any atom is -0.366 e. The molecule has 0 aromatic heterocycles. The fraction of sp³-hybridized carbons (Fsp3) is 1.00. The molecule has 13 heavy (non-hydrogen) atoms. The molecule has 0 aromatic rings. The summed E-state index contributed by atoms with van der Waals surface area (Å²) in [5.41, 5.74) is 0.351. The standard InChI is InChI=1S/C12H18O/c1-6-3-7-4-8(6)9-5-10-12(2,13-10)11(7)9/h6-11H,3-5H2,1-2H3. The molecule has 7 atom stereocenters. The second kappa shape index (κ2) is 1.84. The summed E-state index contributed by atoms with van der Waals surface area (Å²) in [6, 6.07) is 0. The minimum atomic E-state index is 0.351. The van der Waals surface area contributed by atoms with E-state index in [2.05, 4.69) is 13.8 Å². The van der Waals surface area contributed by atoms with Crippen molar-refractivity contribution in [1.29, 1.82) is 0 Å². The number of rotatable bonds is 0. The summed E-state index contributed by atoms with van der Waals surface area (Å²) in [6.45, 7) is 4.84. The average molecular weight is 178 g/mol. The molecule has 0 N–H and O–H groups in total. The third-order valence-electron chi connectivity index (χ3n) is 5.63. The Morgan fingerprint density at radius 3 is 2.85 bits per heavy atom. The molecule has 72 valence electrons. The van der Waals surface area contributed by atoms with Crippen molar-refractivity contribution in [2.75, 3.05) is 0 Å². The van der Waals surface area contributed by atoms with E-state index < -0.39 is 0 Å². The van der Waals surface area contributed by atoms with Gasteiger partial charge in [-0.1, -0.05) is 6.92 Å². The molecule has 0 spiro atoms. The van der Waals surface area contributed by atoms with Gasteiger partial charge >= 0.3 is 0 Å². The lowest BCUT2D eigenvalue weighted by molar-refractivity contribution is 0.0818. The molecule has 1 heterocycles. The zero-order valence-corrected chi connectivity index (χ0v) is 8.49. The smallest absolute Gasteiger partial charge is 0.0953 e. The van der Waals surface area contributed by atoms with Crippen molar-refractivity contribution in [1.82, 2.24) is 0 Å². The number of hydrogen-bond acceptors (Lipinski definition) is 1. The van der Waals surface area contributed by atoms with E-state index in [0.717, 1.165) is 29.6 Å². The van der Waals surface area contributed by atoms with Gasteiger partial charge in [0.05, 0.1) is 11.7 Å². The Balaban J connectivity index is 1.75. The molecule has 1 saturated heterocycles. The van der Waals surface area contributed by atoms with Crippen LogP contribution in [0.25, 0.3) is 0 Å². The maximum absolute atomic E-state index is 5.84. The van der Waals surface area contributed by atoms with Gasteiger partial charge in [-0.3, -0.25) is 0 Å². The van der Waals surface area contributed by atoms with Crippen molar-refractivity contribution in [3.8, 4) is 0 Å². The fourth-order valence-electron chi connectivity index (χ4n) is 5.15. The van der Waals surface area contributed by atoms with Crippen LogP contribution in [0.3, 0.4) is 0 Å². The van der Waals surface area contributed by atoms with E-state index >= 15 is 0 Å². The monoisotopic (exact) mass is 178 g/mol. The predicted molar refractivity (Wildman–Crippen MR) is 50.3 cm³/mol. The molecule has 4 aliphatic rings. The SMILES string of the molecule is CC1CC2CC1C1CC3OC3(C)C21. The molecule has 1 heteroatoms. The summed E-state index contributed by atoms with van der Waals surface area (Å²) in [5.74, 6) is 5.13. The second-order valence-corrected chi connectivity index (χ2v) is 6.09. The summed E-state index contributed by atoms with van der Waals surface area (Å²) in [5, 5.41) is 0. The first-order chi connectivity index (χ1) is 6.20. The number of hydrogen-bond donors (Lipinski definition) is 0. The first-order valence-electron chi connectivity index (χ1n) is 5.88. The highest BCUT2D eigenvalue weighted by Gasteiger charge is 2.72. The van der Waals surface area contributed by atoms with Crippen LogP contribution in [0.2, 0.25) is 0 Å². The molecule has 7 unspecified atom stereocenters. The third-order valence-corrected chi connectivity index (χ3v) is 5.63. The first-order valence-corrected chi connectivity index (χ1v) is 5.88. The molecule has 2 bridgehead atoms. The van der Waals surface area contributed by atoms with E-state index in [1.165, 1.54) is 19.3 Å². The number of ether oxygens (including phenoxy) is 1. The van der Waals surface area contributed by atoms with Gasteiger partial charge in [0, 0.05) is 0 Å². The lowest BCUT2D eigenvalue weighted by Crippen LogP contribution is -2.31. The van der Waals surface area contributed by atoms with E-state index in [9.17, 15) is 0 Å². The average Bonchev–Trinajstić information content (AvgIpc) is 2.50. The zero-order chi connectivity index (χ0) is 8.79. The van der Waals surface area contributed by atoms with Crippen LogP contribution < -0.4 is 0 Å². The van der Waals surface area contributed by atoms with Crippen LogP contribution in [0, 0.1) is 29.6 Å². The summed E-state index contributed by atoms with van der Waals surface area (Å²) < 4.78 is 5.84. The highest BCUT2D eigenvalue weighted by Crippen LogP contribution is 2.70. The van der Waals surface area contributed by atoms with Crippen LogP contribution in [0.15, 0.2) is 0 Å². The van der Waals surface area contributed by atoms with Crippen molar-refractivity contribution in [2.24, 2.45) is 29.6 Å². The van der Waals surface area contributed by atoms with Crippen LogP contribution in [0.5, 0.6) is 0 Å². The predicted octanol–water partition coefficient (Wildman–Crippen LogP) is 2.46. The molecule has 1 aliphatic heterocycles. The van der Waals surface area contributed by atoms with Crippen LogP contribution >= 0.6 is 0 Å². The Morgan fingerprint density at radius 2 is 2.00 bits per heavy atom. The molecule has 4 fully saturated rings. The van der Waals surface area contributed by atoms with Gasteiger partial charge in [0.25, 0.3) is 0 Å². The third kappa shape index (κ3) is 0.643. The topological polar surface area (TPSA) is 12.5 Å². The van der Waals surface area contributed by atoms with Gasteiger partial charge in [-0.25, -0.2) is 0 Å². The lowest BCUT2D eigenvalue weighted by Gasteiger charge is -2.33. The lowest BCUT2D eigenvalue weighted by atomic mass is 9.73. The Labute approximate surface area is 79.8 Å². The number of fused-ring (bicyclic) bond motifs is 7. The van der Waals surface area contributed by atoms with E-state index in [1.54, 1.807) is 0 Å². The Hall–Kier alpha value is -0.0400. The molecular weight excluding hydrogens is 160 g/mol. The van der Waals surface area contributed by atoms with Gasteiger partial charge in [-0.05, 0) is 55.8 Å². The van der Waals surface area contributed by atoms with Crippen molar-refractivity contribution >= 4 is 0 Å². The number of epoxide rings is 1. The van der Waals surface area contributed by atoms with Crippen LogP contribution in [0.1, 0.15) is 33.1 Å². The van der Waals surface area contributed by atoms with Gasteiger partial charge in [0.2, 0.25) is 0 Å². The highest BCUT2D eigenvalue weighted by molar-refractivity contribution is 5.20. The summed E-state index contributed by atoms with van der Waals surface area (Å²) >= 11 is 0. The largest absolute Gasteiger partial charge is 0.366 e. The molecular formula is C12H18O. The van der Waals surface area contributed by atoms with Crippen molar-refractivity contribution < 1.29 is 4.74 Å². The van der Waals surface area contributed by atoms with E-state index in [1.807, 2.05) is 0 Å². The second-order valence-electron chi connectivity index (χ2n) is 6.09. The maximum atomic E-state index is 5.84. The van der Waals surface area contributed by atoms with E-state index in [0.29, 0.717) is 11.7 Å².